The molecule has 1 aliphatic heterocycles. The summed E-state index contributed by atoms with van der Waals surface area (Å²) < 4.78 is 1.89. The number of aryl methyl sites for hydroxylation is 1. The standard InChI is InChI=1S/C21H31ClN4O/c1-4-26-10-6-8-17(21(26)18-12-23-25(3)14-18)13-24(2)15-20(27)16-7-5-9-19(22)11-16/h5,7,9,11-12,14,17,20-21,27H,4,6,8,10,13,15H2,1-3H3/t17-,20-,21+/m0/s1. The number of aliphatic hydroxyl groups is 1. The molecule has 27 heavy (non-hydrogen) atoms. The summed E-state index contributed by atoms with van der Waals surface area (Å²) in [6.45, 7) is 5.97. The predicted molar refractivity (Wildman–Crippen MR) is 110 cm³/mol. The van der Waals surface area contributed by atoms with Crippen LogP contribution in [0.3, 0.4) is 0 Å². The number of hydrogen-bond donors (Lipinski definition) is 1. The van der Waals surface area contributed by atoms with E-state index in [1.54, 1.807) is 0 Å². The van der Waals surface area contributed by atoms with Gasteiger partial charge in [-0.3, -0.25) is 9.58 Å². The quantitative estimate of drug-likeness (QED) is 0.785. The molecule has 0 aliphatic carbocycles. The van der Waals surface area contributed by atoms with E-state index in [0.717, 1.165) is 25.2 Å². The van der Waals surface area contributed by atoms with Crippen molar-refractivity contribution in [2.24, 2.45) is 13.0 Å². The van der Waals surface area contributed by atoms with Crippen LogP contribution in [-0.4, -0.2) is 57.9 Å². The molecular formula is C21H31ClN4O. The van der Waals surface area contributed by atoms with Gasteiger partial charge in [-0.2, -0.15) is 5.10 Å². The SMILES string of the molecule is CCN1CCC[C@@H](CN(C)C[C@H](O)c2cccc(Cl)c2)[C@@H]1c1cnn(C)c1. The van der Waals surface area contributed by atoms with E-state index in [1.165, 1.54) is 18.4 Å². The number of aliphatic hydroxyl groups excluding tert-OH is 1. The summed E-state index contributed by atoms with van der Waals surface area (Å²) in [5.41, 5.74) is 2.17. The van der Waals surface area contributed by atoms with E-state index in [4.69, 9.17) is 11.6 Å². The fourth-order valence-corrected chi connectivity index (χ4v) is 4.56. The Bertz CT molecular complexity index is 734. The molecule has 0 spiro atoms. The van der Waals surface area contributed by atoms with Crippen LogP contribution < -0.4 is 0 Å². The zero-order valence-electron chi connectivity index (χ0n) is 16.6. The number of piperidine rings is 1. The molecule has 0 amide bonds. The maximum Gasteiger partial charge on any atom is 0.0917 e. The van der Waals surface area contributed by atoms with Gasteiger partial charge < -0.3 is 10.0 Å². The monoisotopic (exact) mass is 390 g/mol. The maximum atomic E-state index is 10.6. The normalized spacial score (nSPS) is 22.3. The molecular weight excluding hydrogens is 360 g/mol. The third kappa shape index (κ3) is 5.11. The molecule has 2 aromatic rings. The van der Waals surface area contributed by atoms with Crippen LogP contribution in [0.2, 0.25) is 5.02 Å². The van der Waals surface area contributed by atoms with Gasteiger partial charge in [-0.1, -0.05) is 30.7 Å². The minimum atomic E-state index is -0.531. The van der Waals surface area contributed by atoms with Crippen molar-refractivity contribution in [1.82, 2.24) is 19.6 Å². The molecule has 0 bridgehead atoms. The van der Waals surface area contributed by atoms with Crippen molar-refractivity contribution in [2.45, 2.75) is 31.9 Å². The van der Waals surface area contributed by atoms with Crippen LogP contribution in [-0.2, 0) is 7.05 Å². The Labute approximate surface area is 167 Å². The second kappa shape index (κ2) is 9.20. The highest BCUT2D eigenvalue weighted by molar-refractivity contribution is 6.30. The third-order valence-corrected chi connectivity index (χ3v) is 5.83. The highest BCUT2D eigenvalue weighted by Gasteiger charge is 2.33. The summed E-state index contributed by atoms with van der Waals surface area (Å²) >= 11 is 6.06. The summed E-state index contributed by atoms with van der Waals surface area (Å²) in [6, 6.07) is 7.89. The van der Waals surface area contributed by atoms with Crippen molar-refractivity contribution < 1.29 is 5.11 Å². The first-order chi connectivity index (χ1) is 13.0. The van der Waals surface area contributed by atoms with Gasteiger partial charge in [0.1, 0.15) is 0 Å². The number of hydrogen-bond acceptors (Lipinski definition) is 4. The first-order valence-electron chi connectivity index (χ1n) is 9.82. The molecule has 3 rings (SSSR count). The lowest BCUT2D eigenvalue weighted by Crippen LogP contribution is -2.43. The van der Waals surface area contributed by atoms with Crippen molar-refractivity contribution in [3.05, 3.63) is 52.8 Å². The number of aromatic nitrogens is 2. The summed E-state index contributed by atoms with van der Waals surface area (Å²) in [7, 11) is 4.07. The Morgan fingerprint density at radius 1 is 1.41 bits per heavy atom. The van der Waals surface area contributed by atoms with Gasteiger partial charge >= 0.3 is 0 Å². The summed E-state index contributed by atoms with van der Waals surface area (Å²) in [4.78, 5) is 4.81. The van der Waals surface area contributed by atoms with Gasteiger partial charge in [0, 0.05) is 43.0 Å². The number of likely N-dealkylation sites (N-methyl/N-ethyl adjacent to an activating group) is 1. The van der Waals surface area contributed by atoms with Crippen LogP contribution in [0.15, 0.2) is 36.7 Å². The molecule has 0 saturated carbocycles. The van der Waals surface area contributed by atoms with Crippen LogP contribution in [0.4, 0.5) is 0 Å². The highest BCUT2D eigenvalue weighted by Crippen LogP contribution is 2.36. The van der Waals surface area contributed by atoms with E-state index >= 15 is 0 Å². The molecule has 5 nitrogen and oxygen atoms in total. The van der Waals surface area contributed by atoms with Gasteiger partial charge in [-0.15, -0.1) is 0 Å². The average molecular weight is 391 g/mol. The first-order valence-corrected chi connectivity index (χ1v) is 10.2. The van der Waals surface area contributed by atoms with Crippen LogP contribution in [0.25, 0.3) is 0 Å². The fraction of sp³-hybridized carbons (Fsp3) is 0.571. The molecule has 3 atom stereocenters. The highest BCUT2D eigenvalue weighted by atomic mass is 35.5. The van der Waals surface area contributed by atoms with Crippen molar-refractivity contribution >= 4 is 11.6 Å². The summed E-state index contributed by atoms with van der Waals surface area (Å²) in [6.07, 6.45) is 6.04. The number of rotatable bonds is 7. The van der Waals surface area contributed by atoms with Crippen LogP contribution >= 0.6 is 11.6 Å². The van der Waals surface area contributed by atoms with Crippen molar-refractivity contribution in [3.63, 3.8) is 0 Å². The van der Waals surface area contributed by atoms with Crippen LogP contribution in [0.1, 0.15) is 43.0 Å². The largest absolute Gasteiger partial charge is 0.387 e. The van der Waals surface area contributed by atoms with Gasteiger partial charge in [-0.25, -0.2) is 0 Å². The molecule has 0 radical (unpaired) electrons. The lowest BCUT2D eigenvalue weighted by molar-refractivity contribution is 0.0597. The minimum Gasteiger partial charge on any atom is -0.387 e. The number of nitrogens with zero attached hydrogens (tertiary/aromatic N) is 4. The summed E-state index contributed by atoms with van der Waals surface area (Å²) in [5, 5.41) is 15.7. The Morgan fingerprint density at radius 3 is 2.89 bits per heavy atom. The minimum absolute atomic E-state index is 0.392. The molecule has 1 aromatic carbocycles. The van der Waals surface area contributed by atoms with E-state index in [9.17, 15) is 5.11 Å². The molecule has 0 unspecified atom stereocenters. The number of halogens is 1. The molecule has 6 heteroatoms. The number of likely N-dealkylation sites (tertiary alicyclic amines) is 1. The Morgan fingerprint density at radius 2 is 2.22 bits per heavy atom. The van der Waals surface area contributed by atoms with Gasteiger partial charge in [-0.05, 0) is 56.6 Å². The van der Waals surface area contributed by atoms with Crippen molar-refractivity contribution in [1.29, 1.82) is 0 Å². The predicted octanol–water partition coefficient (Wildman–Crippen LogP) is 3.51. The lowest BCUT2D eigenvalue weighted by atomic mass is 9.85. The zero-order chi connectivity index (χ0) is 19.4. The average Bonchev–Trinajstić information content (AvgIpc) is 3.07. The topological polar surface area (TPSA) is 44.5 Å². The van der Waals surface area contributed by atoms with E-state index in [-0.39, 0.29) is 0 Å². The second-order valence-electron chi connectivity index (χ2n) is 7.72. The van der Waals surface area contributed by atoms with Crippen LogP contribution in [0, 0.1) is 5.92 Å². The second-order valence-corrected chi connectivity index (χ2v) is 8.15. The van der Waals surface area contributed by atoms with Crippen molar-refractivity contribution in [2.75, 3.05) is 33.2 Å². The van der Waals surface area contributed by atoms with Gasteiger partial charge in [0.25, 0.3) is 0 Å². The van der Waals surface area contributed by atoms with E-state index in [1.807, 2.05) is 42.2 Å². The van der Waals surface area contributed by atoms with Gasteiger partial charge in [0.2, 0.25) is 0 Å². The summed E-state index contributed by atoms with van der Waals surface area (Å²) in [5.74, 6) is 0.527. The maximum absolute atomic E-state index is 10.6. The Kier molecular flexibility index (Phi) is 6.93. The molecule has 1 saturated heterocycles. The van der Waals surface area contributed by atoms with Gasteiger partial charge in [0.15, 0.2) is 0 Å². The van der Waals surface area contributed by atoms with E-state index in [0.29, 0.717) is 23.5 Å². The Hall–Kier alpha value is -1.40. The number of benzene rings is 1. The molecule has 1 aromatic heterocycles. The molecule has 2 heterocycles. The molecule has 1 fully saturated rings. The smallest absolute Gasteiger partial charge is 0.0917 e. The molecule has 1 N–H and O–H groups in total. The van der Waals surface area contributed by atoms with Gasteiger partial charge in [0.05, 0.1) is 12.3 Å². The molecule has 148 valence electrons. The van der Waals surface area contributed by atoms with E-state index < -0.39 is 6.10 Å². The first kappa shape index (κ1) is 20.3. The lowest BCUT2D eigenvalue weighted by Gasteiger charge is -2.42. The Balaban J connectivity index is 1.68. The van der Waals surface area contributed by atoms with Crippen molar-refractivity contribution in [3.8, 4) is 0 Å². The van der Waals surface area contributed by atoms with E-state index in [2.05, 4.69) is 35.1 Å². The fourth-order valence-electron chi connectivity index (χ4n) is 4.36. The molecule has 1 aliphatic rings. The zero-order valence-corrected chi connectivity index (χ0v) is 17.3. The third-order valence-electron chi connectivity index (χ3n) is 5.60. The van der Waals surface area contributed by atoms with Crippen LogP contribution in [0.5, 0.6) is 0 Å².